The number of benzene rings is 1. The summed E-state index contributed by atoms with van der Waals surface area (Å²) < 4.78 is 13.1. The van der Waals surface area contributed by atoms with Crippen LogP contribution in [0, 0.1) is 11.8 Å². The summed E-state index contributed by atoms with van der Waals surface area (Å²) in [5.74, 6) is -2.96. The van der Waals surface area contributed by atoms with Gasteiger partial charge in [0, 0.05) is 44.5 Å². The Morgan fingerprint density at radius 2 is 1.86 bits per heavy atom. The fraction of sp³-hybridized carbons (Fsp3) is 0.632. The quantitative estimate of drug-likeness (QED) is 0.0845. The number of allylic oxidation sites excluding steroid dienone is 1. The number of likely N-dealkylation sites (N-methyl/N-ethyl adjacent to an activating group) is 1. The van der Waals surface area contributed by atoms with Crippen LogP contribution < -0.4 is 0 Å². The number of rotatable bonds is 20. The van der Waals surface area contributed by atoms with E-state index in [2.05, 4.69) is 36.0 Å². The number of hydrogen-bond donors (Lipinski definition) is 1. The number of aliphatic hydroxyl groups excluding tert-OH is 1. The highest BCUT2D eigenvalue weighted by Crippen LogP contribution is 2.60. The topological polar surface area (TPSA) is 117 Å². The van der Waals surface area contributed by atoms with E-state index in [1.54, 1.807) is 33.9 Å². The summed E-state index contributed by atoms with van der Waals surface area (Å²) in [5, 5.41) is 9.25. The lowest BCUT2D eigenvalue weighted by atomic mass is 9.70. The van der Waals surface area contributed by atoms with Gasteiger partial charge >= 0.3 is 5.97 Å². The van der Waals surface area contributed by atoms with Crippen LogP contribution in [0.3, 0.4) is 0 Å². The minimum Gasteiger partial charge on any atom is -0.455 e. The molecule has 270 valence electrons. The maximum Gasteiger partial charge on any atom is 0.313 e. The number of hydrogen-bond acceptors (Lipinski definition) is 7. The summed E-state index contributed by atoms with van der Waals surface area (Å²) in [5.41, 5.74) is -0.467. The van der Waals surface area contributed by atoms with Gasteiger partial charge in [-0.2, -0.15) is 0 Å². The summed E-state index contributed by atoms with van der Waals surface area (Å²) in [6.45, 7) is 12.8. The van der Waals surface area contributed by atoms with E-state index in [0.29, 0.717) is 45.3 Å². The van der Waals surface area contributed by atoms with Crippen molar-refractivity contribution in [2.45, 2.75) is 106 Å². The molecule has 11 heteroatoms. The predicted molar refractivity (Wildman–Crippen MR) is 192 cm³/mol. The maximum atomic E-state index is 14.5. The van der Waals surface area contributed by atoms with Crippen molar-refractivity contribution in [2.24, 2.45) is 11.8 Å². The minimum atomic E-state index is -1.20. The number of aliphatic hydroxyl groups is 1. The number of carbonyl (C=O) groups is 4. The predicted octanol–water partition coefficient (Wildman–Crippen LogP) is 5.20. The van der Waals surface area contributed by atoms with Gasteiger partial charge in [0.2, 0.25) is 17.7 Å². The molecule has 1 aromatic rings. The normalized spacial score (nSPS) is 26.6. The number of unbranched alkanes of at least 4 members (excludes halogenated alkanes) is 4. The van der Waals surface area contributed by atoms with Crippen molar-refractivity contribution < 1.29 is 33.8 Å². The third-order valence-electron chi connectivity index (χ3n) is 10.4. The molecule has 0 radical (unpaired) electrons. The highest BCUT2D eigenvalue weighted by Gasteiger charge is 2.77. The largest absolute Gasteiger partial charge is 0.455 e. The Labute approximate surface area is 300 Å². The molecular weight excluding hydrogens is 690 g/mol. The van der Waals surface area contributed by atoms with Crippen LogP contribution >= 0.6 is 15.9 Å². The van der Waals surface area contributed by atoms with E-state index in [1.165, 1.54) is 0 Å². The number of carbonyl (C=O) groups excluding carboxylic acids is 4. The van der Waals surface area contributed by atoms with E-state index in [4.69, 9.17) is 9.47 Å². The van der Waals surface area contributed by atoms with Gasteiger partial charge in [-0.3, -0.25) is 19.2 Å². The maximum absolute atomic E-state index is 14.5. The molecule has 1 unspecified atom stereocenters. The van der Waals surface area contributed by atoms with E-state index in [-0.39, 0.29) is 35.6 Å². The Kier molecular flexibility index (Phi) is 14.1. The molecule has 0 saturated carbocycles. The second kappa shape index (κ2) is 17.8. The molecule has 1 spiro atoms. The number of nitrogens with zero attached hydrogens (tertiary/aromatic N) is 3. The van der Waals surface area contributed by atoms with Gasteiger partial charge in [-0.25, -0.2) is 0 Å². The van der Waals surface area contributed by atoms with Crippen LogP contribution in [0.25, 0.3) is 0 Å². The van der Waals surface area contributed by atoms with Crippen molar-refractivity contribution in [3.05, 3.63) is 61.2 Å². The van der Waals surface area contributed by atoms with E-state index in [9.17, 15) is 24.3 Å². The zero-order chi connectivity index (χ0) is 35.7. The number of amides is 3. The Bertz CT molecular complexity index is 1330. The number of ether oxygens (including phenoxy) is 2. The Morgan fingerprint density at radius 3 is 2.51 bits per heavy atom. The average Bonchev–Trinajstić information content (AvgIpc) is 3.70. The smallest absolute Gasteiger partial charge is 0.313 e. The highest BCUT2D eigenvalue weighted by atomic mass is 79.9. The molecule has 1 aromatic carbocycles. The number of halogens is 1. The molecule has 2 bridgehead atoms. The summed E-state index contributed by atoms with van der Waals surface area (Å²) >= 11 is 3.76. The molecule has 0 aromatic heterocycles. The summed E-state index contributed by atoms with van der Waals surface area (Å²) in [6, 6.07) is 7.91. The van der Waals surface area contributed by atoms with Crippen LogP contribution in [-0.2, 0) is 28.7 Å². The Balaban J connectivity index is 1.68. The molecule has 0 aliphatic carbocycles. The lowest BCUT2D eigenvalue weighted by Crippen LogP contribution is -2.57. The molecule has 49 heavy (non-hydrogen) atoms. The molecule has 8 atom stereocenters. The van der Waals surface area contributed by atoms with Gasteiger partial charge in [-0.15, -0.1) is 13.2 Å². The monoisotopic (exact) mass is 743 g/mol. The lowest BCUT2D eigenvalue weighted by molar-refractivity contribution is -0.164. The van der Waals surface area contributed by atoms with Gasteiger partial charge in [0.05, 0.1) is 24.0 Å². The first-order valence-corrected chi connectivity index (χ1v) is 18.7. The SMILES string of the molecule is C=CCCC(=O)N(C)[C@H](C)[C@H](OC(=O)[C@H]1[C@@H]2O[C@@]3(CC2Br)[C@@H]1C(=O)N(CCCCCCO)[C@@H]3C(=O)N(CC=C)CCCC)c1ccccc1. The second-order valence-electron chi connectivity index (χ2n) is 13.6. The van der Waals surface area contributed by atoms with Gasteiger partial charge in [0.1, 0.15) is 17.7 Å². The number of fused-ring (bicyclic) bond motifs is 1. The van der Waals surface area contributed by atoms with Crippen molar-refractivity contribution in [3.8, 4) is 0 Å². The van der Waals surface area contributed by atoms with Gasteiger partial charge in [0.15, 0.2) is 0 Å². The van der Waals surface area contributed by atoms with Crippen LogP contribution in [-0.4, -0.2) is 105 Å². The third-order valence-corrected chi connectivity index (χ3v) is 11.3. The number of alkyl halides is 1. The van der Waals surface area contributed by atoms with Crippen LogP contribution in [0.1, 0.15) is 83.3 Å². The zero-order valence-electron chi connectivity index (χ0n) is 29.3. The van der Waals surface area contributed by atoms with Gasteiger partial charge in [0.25, 0.3) is 0 Å². The second-order valence-corrected chi connectivity index (χ2v) is 14.8. The van der Waals surface area contributed by atoms with Crippen LogP contribution in [0.5, 0.6) is 0 Å². The van der Waals surface area contributed by atoms with E-state index < -0.39 is 47.7 Å². The minimum absolute atomic E-state index is 0.0961. The molecule has 3 fully saturated rings. The summed E-state index contributed by atoms with van der Waals surface area (Å²) in [6.07, 6.45) is 7.80. The first-order valence-electron chi connectivity index (χ1n) is 17.8. The molecule has 10 nitrogen and oxygen atoms in total. The van der Waals surface area contributed by atoms with E-state index in [0.717, 1.165) is 31.2 Å². The lowest BCUT2D eigenvalue weighted by Gasteiger charge is -2.37. The molecule has 4 rings (SSSR count). The van der Waals surface area contributed by atoms with Crippen LogP contribution in [0.2, 0.25) is 0 Å². The highest BCUT2D eigenvalue weighted by molar-refractivity contribution is 9.09. The molecule has 3 aliphatic rings. The molecule has 3 heterocycles. The molecule has 3 amide bonds. The molecule has 1 N–H and O–H groups in total. The third kappa shape index (κ3) is 8.15. The van der Waals surface area contributed by atoms with Crippen LogP contribution in [0.15, 0.2) is 55.6 Å². The molecular formula is C38H54BrN3O7. The summed E-state index contributed by atoms with van der Waals surface area (Å²) in [7, 11) is 1.70. The zero-order valence-corrected chi connectivity index (χ0v) is 30.9. The van der Waals surface area contributed by atoms with E-state index >= 15 is 0 Å². The van der Waals surface area contributed by atoms with Crippen molar-refractivity contribution in [2.75, 3.05) is 33.3 Å². The molecule has 3 aliphatic heterocycles. The van der Waals surface area contributed by atoms with Crippen molar-refractivity contribution >= 4 is 39.6 Å². The molecule has 3 saturated heterocycles. The fourth-order valence-corrected chi connectivity index (χ4v) is 8.70. The standard InChI is InChI=1S/C38H54BrN3O7/c1-6-9-20-29(44)40(5)26(4)32(27-18-14-13-15-19-27)48-37(47)30-31-35(45)42(23-16-11-12-17-24-43)34(38(31)25-28(39)33(30)49-38)36(46)41(21-8-3)22-10-7-2/h6,8,13-15,18-19,26,28,30-34,43H,1,3,7,9-12,16-17,20-25H2,2,4-5H3/t26-,28?,30-,31+,32+,33-,34-,38+/m1/s1. The van der Waals surface area contributed by atoms with Crippen LogP contribution in [0.4, 0.5) is 0 Å². The fourth-order valence-electron chi connectivity index (χ4n) is 7.76. The average molecular weight is 745 g/mol. The first kappa shape index (κ1) is 38.8. The Morgan fingerprint density at radius 1 is 1.14 bits per heavy atom. The van der Waals surface area contributed by atoms with E-state index in [1.807, 2.05) is 37.3 Å². The summed E-state index contributed by atoms with van der Waals surface area (Å²) in [4.78, 5) is 61.3. The van der Waals surface area contributed by atoms with Gasteiger partial charge < -0.3 is 29.3 Å². The van der Waals surface area contributed by atoms with Crippen molar-refractivity contribution in [3.63, 3.8) is 0 Å². The van der Waals surface area contributed by atoms with Crippen molar-refractivity contribution in [1.82, 2.24) is 14.7 Å². The number of esters is 1. The van der Waals surface area contributed by atoms with Gasteiger partial charge in [-0.05, 0) is 44.6 Å². The van der Waals surface area contributed by atoms with Crippen molar-refractivity contribution in [1.29, 1.82) is 0 Å². The first-order chi connectivity index (χ1) is 23.6. The van der Waals surface area contributed by atoms with Gasteiger partial charge in [-0.1, -0.05) is 84.6 Å². The Hall–Kier alpha value is -3.02. The number of likely N-dealkylation sites (tertiary alicyclic amines) is 1.